The molecule has 1 fully saturated rings. The van der Waals surface area contributed by atoms with Gasteiger partial charge >= 0.3 is 0 Å². The Hall–Kier alpha value is -2.04. The highest BCUT2D eigenvalue weighted by Gasteiger charge is 2.21. The number of carbonyl (C=O) groups is 2. The normalized spacial score (nSPS) is 16.4. The number of likely N-dealkylation sites (tertiary alicyclic amines) is 1. The standard InChI is InChI=1S/C20H30N2O3/c1-4-15(3)20(24)21-17(5-2)16-10-6-7-11-18(16)25-14-19(23)22-12-8-9-13-22/h6-7,10-11,15,17H,4-5,8-9,12-14H2,1-3H3,(H,21,24)/t15-,17+/m0/s1. The summed E-state index contributed by atoms with van der Waals surface area (Å²) in [7, 11) is 0. The van der Waals surface area contributed by atoms with Crippen LogP contribution in [0.1, 0.15) is 58.1 Å². The van der Waals surface area contributed by atoms with E-state index in [0.29, 0.717) is 5.75 Å². The fraction of sp³-hybridized carbons (Fsp3) is 0.600. The van der Waals surface area contributed by atoms with Crippen molar-refractivity contribution in [1.29, 1.82) is 0 Å². The molecule has 2 rings (SSSR count). The summed E-state index contributed by atoms with van der Waals surface area (Å²) in [6.45, 7) is 7.67. The molecule has 1 N–H and O–H groups in total. The summed E-state index contributed by atoms with van der Waals surface area (Å²) in [4.78, 5) is 26.3. The molecular weight excluding hydrogens is 316 g/mol. The number of hydrogen-bond acceptors (Lipinski definition) is 3. The quantitative estimate of drug-likeness (QED) is 0.786. The van der Waals surface area contributed by atoms with Crippen LogP contribution in [-0.2, 0) is 9.59 Å². The molecule has 0 spiro atoms. The molecule has 2 amide bonds. The smallest absolute Gasteiger partial charge is 0.260 e. The highest BCUT2D eigenvalue weighted by Crippen LogP contribution is 2.27. The van der Waals surface area contributed by atoms with E-state index < -0.39 is 0 Å². The first kappa shape index (κ1) is 19.3. The third kappa shape index (κ3) is 5.21. The van der Waals surface area contributed by atoms with Crippen molar-refractivity contribution in [2.75, 3.05) is 19.7 Å². The summed E-state index contributed by atoms with van der Waals surface area (Å²) in [5.41, 5.74) is 0.927. The topological polar surface area (TPSA) is 58.6 Å². The molecule has 1 aliphatic heterocycles. The van der Waals surface area contributed by atoms with Crippen molar-refractivity contribution in [3.63, 3.8) is 0 Å². The van der Waals surface area contributed by atoms with Crippen molar-refractivity contribution >= 4 is 11.8 Å². The Labute approximate surface area is 150 Å². The summed E-state index contributed by atoms with van der Waals surface area (Å²) in [6, 6.07) is 7.54. The zero-order valence-electron chi connectivity index (χ0n) is 15.6. The molecule has 25 heavy (non-hydrogen) atoms. The van der Waals surface area contributed by atoms with Gasteiger partial charge in [-0.3, -0.25) is 9.59 Å². The second kappa shape index (κ2) is 9.44. The van der Waals surface area contributed by atoms with E-state index in [4.69, 9.17) is 4.74 Å². The molecule has 0 aliphatic carbocycles. The Morgan fingerprint density at radius 3 is 2.48 bits per heavy atom. The van der Waals surface area contributed by atoms with E-state index >= 15 is 0 Å². The van der Waals surface area contributed by atoms with Gasteiger partial charge in [-0.1, -0.05) is 39.0 Å². The maximum absolute atomic E-state index is 12.3. The first-order chi connectivity index (χ1) is 12.1. The van der Waals surface area contributed by atoms with E-state index in [9.17, 15) is 9.59 Å². The van der Waals surface area contributed by atoms with Crippen molar-refractivity contribution in [3.05, 3.63) is 29.8 Å². The minimum atomic E-state index is -0.111. The van der Waals surface area contributed by atoms with Gasteiger partial charge in [0.15, 0.2) is 6.61 Å². The largest absolute Gasteiger partial charge is 0.483 e. The van der Waals surface area contributed by atoms with Crippen LogP contribution in [0.3, 0.4) is 0 Å². The molecule has 0 radical (unpaired) electrons. The van der Waals surface area contributed by atoms with E-state index in [1.165, 1.54) is 0 Å². The van der Waals surface area contributed by atoms with Crippen molar-refractivity contribution in [2.24, 2.45) is 5.92 Å². The molecule has 1 aliphatic rings. The molecule has 5 heteroatoms. The lowest BCUT2D eigenvalue weighted by Crippen LogP contribution is -2.34. The van der Waals surface area contributed by atoms with Crippen LogP contribution in [0, 0.1) is 5.92 Å². The van der Waals surface area contributed by atoms with Gasteiger partial charge in [-0.05, 0) is 31.7 Å². The van der Waals surface area contributed by atoms with Gasteiger partial charge in [0.1, 0.15) is 5.75 Å². The van der Waals surface area contributed by atoms with Crippen LogP contribution in [-0.4, -0.2) is 36.4 Å². The first-order valence-electron chi connectivity index (χ1n) is 9.36. The number of para-hydroxylation sites is 1. The number of nitrogens with zero attached hydrogens (tertiary/aromatic N) is 1. The molecule has 1 aromatic rings. The predicted octanol–water partition coefficient (Wildman–Crippen LogP) is 3.30. The first-order valence-corrected chi connectivity index (χ1v) is 9.36. The maximum Gasteiger partial charge on any atom is 0.260 e. The monoisotopic (exact) mass is 346 g/mol. The van der Waals surface area contributed by atoms with Crippen LogP contribution in [0.15, 0.2) is 24.3 Å². The SMILES string of the molecule is CC[C@H](C)C(=O)N[C@H](CC)c1ccccc1OCC(=O)N1CCCC1. The van der Waals surface area contributed by atoms with Crippen molar-refractivity contribution in [1.82, 2.24) is 10.2 Å². The summed E-state index contributed by atoms with van der Waals surface area (Å²) in [5, 5.41) is 3.10. The number of amides is 2. The Balaban J connectivity index is 2.04. The second-order valence-electron chi connectivity index (χ2n) is 6.69. The zero-order valence-corrected chi connectivity index (χ0v) is 15.6. The number of carbonyl (C=O) groups excluding carboxylic acids is 2. The van der Waals surface area contributed by atoms with Gasteiger partial charge in [0.05, 0.1) is 6.04 Å². The van der Waals surface area contributed by atoms with E-state index in [0.717, 1.165) is 44.3 Å². The second-order valence-corrected chi connectivity index (χ2v) is 6.69. The van der Waals surface area contributed by atoms with E-state index in [1.54, 1.807) is 0 Å². The summed E-state index contributed by atoms with van der Waals surface area (Å²) in [5.74, 6) is 0.742. The molecule has 0 aromatic heterocycles. The molecular formula is C20H30N2O3. The molecule has 138 valence electrons. The van der Waals surface area contributed by atoms with E-state index in [2.05, 4.69) is 5.32 Å². The van der Waals surface area contributed by atoms with Gasteiger partial charge in [0, 0.05) is 24.6 Å². The number of hydrogen-bond donors (Lipinski definition) is 1. The van der Waals surface area contributed by atoms with Gasteiger partial charge in [-0.25, -0.2) is 0 Å². The number of benzene rings is 1. The van der Waals surface area contributed by atoms with Gasteiger partial charge in [-0.2, -0.15) is 0 Å². The number of nitrogens with one attached hydrogen (secondary N) is 1. The summed E-state index contributed by atoms with van der Waals surface area (Å²) in [6.07, 6.45) is 3.72. The van der Waals surface area contributed by atoms with Crippen LogP contribution in [0.2, 0.25) is 0 Å². The summed E-state index contributed by atoms with van der Waals surface area (Å²) < 4.78 is 5.82. The summed E-state index contributed by atoms with van der Waals surface area (Å²) >= 11 is 0. The lowest BCUT2D eigenvalue weighted by atomic mass is 10.0. The highest BCUT2D eigenvalue weighted by molar-refractivity contribution is 5.79. The average molecular weight is 346 g/mol. The van der Waals surface area contributed by atoms with Gasteiger partial charge < -0.3 is 15.0 Å². The molecule has 0 unspecified atom stereocenters. The highest BCUT2D eigenvalue weighted by atomic mass is 16.5. The Bertz CT molecular complexity index is 582. The van der Waals surface area contributed by atoms with E-state index in [1.807, 2.05) is 49.9 Å². The third-order valence-electron chi connectivity index (χ3n) is 4.89. The van der Waals surface area contributed by atoms with Gasteiger partial charge in [0.25, 0.3) is 5.91 Å². The lowest BCUT2D eigenvalue weighted by Gasteiger charge is -2.23. The van der Waals surface area contributed by atoms with Crippen LogP contribution in [0.25, 0.3) is 0 Å². The minimum Gasteiger partial charge on any atom is -0.483 e. The molecule has 5 nitrogen and oxygen atoms in total. The molecule has 1 heterocycles. The molecule has 2 atom stereocenters. The molecule has 0 saturated carbocycles. The maximum atomic E-state index is 12.3. The molecule has 1 aromatic carbocycles. The van der Waals surface area contributed by atoms with Crippen molar-refractivity contribution < 1.29 is 14.3 Å². The molecule has 1 saturated heterocycles. The van der Waals surface area contributed by atoms with Crippen LogP contribution in [0.4, 0.5) is 0 Å². The van der Waals surface area contributed by atoms with Crippen LogP contribution < -0.4 is 10.1 Å². The predicted molar refractivity (Wildman–Crippen MR) is 98.4 cm³/mol. The molecule has 0 bridgehead atoms. The van der Waals surface area contributed by atoms with Gasteiger partial charge in [-0.15, -0.1) is 0 Å². The third-order valence-corrected chi connectivity index (χ3v) is 4.89. The Morgan fingerprint density at radius 2 is 1.84 bits per heavy atom. The zero-order chi connectivity index (χ0) is 18.2. The Kier molecular flexibility index (Phi) is 7.29. The number of ether oxygens (including phenoxy) is 1. The van der Waals surface area contributed by atoms with Crippen molar-refractivity contribution in [2.45, 2.75) is 52.5 Å². The Morgan fingerprint density at radius 1 is 1.16 bits per heavy atom. The average Bonchev–Trinajstić information content (AvgIpc) is 3.18. The van der Waals surface area contributed by atoms with E-state index in [-0.39, 0.29) is 30.4 Å². The number of rotatable bonds is 8. The van der Waals surface area contributed by atoms with Crippen molar-refractivity contribution in [3.8, 4) is 5.75 Å². The lowest BCUT2D eigenvalue weighted by molar-refractivity contribution is -0.132. The van der Waals surface area contributed by atoms with Crippen LogP contribution >= 0.6 is 0 Å². The van der Waals surface area contributed by atoms with Crippen LogP contribution in [0.5, 0.6) is 5.75 Å². The fourth-order valence-electron chi connectivity index (χ4n) is 3.00. The fourth-order valence-corrected chi connectivity index (χ4v) is 3.00. The minimum absolute atomic E-state index is 0.0149. The van der Waals surface area contributed by atoms with Gasteiger partial charge in [0.2, 0.25) is 5.91 Å².